The molecule has 2 aromatic rings. The number of nitrogens with zero attached hydrogens (tertiary/aromatic N) is 2. The summed E-state index contributed by atoms with van der Waals surface area (Å²) in [7, 11) is 0. The fourth-order valence-electron chi connectivity index (χ4n) is 1.27. The molecular weight excluding hydrogens is 244 g/mol. The van der Waals surface area contributed by atoms with Crippen molar-refractivity contribution in [3.63, 3.8) is 0 Å². The number of amides is 1. The minimum atomic E-state index is -0.517. The van der Waals surface area contributed by atoms with Crippen LogP contribution < -0.4 is 11.1 Å². The monoisotopic (exact) mass is 252 g/mol. The van der Waals surface area contributed by atoms with E-state index >= 15 is 0 Å². The topological polar surface area (TPSA) is 94.0 Å². The summed E-state index contributed by atoms with van der Waals surface area (Å²) >= 11 is 5.94. The van der Waals surface area contributed by atoms with Gasteiger partial charge in [-0.3, -0.25) is 4.79 Å². The number of nitrogens with one attached hydrogen (secondary N) is 1. The Hall–Kier alpha value is -2.08. The number of hydrogen-bond acceptors (Lipinski definition) is 5. The number of aryl methyl sites for hydroxylation is 1. The molecule has 0 radical (unpaired) electrons. The molecule has 0 fully saturated rings. The molecule has 1 aromatic heterocycles. The lowest BCUT2D eigenvalue weighted by molar-refractivity contribution is 0.101. The highest BCUT2D eigenvalue weighted by atomic mass is 35.5. The van der Waals surface area contributed by atoms with E-state index in [4.69, 9.17) is 17.3 Å². The van der Waals surface area contributed by atoms with E-state index in [9.17, 15) is 4.79 Å². The molecule has 1 amide bonds. The van der Waals surface area contributed by atoms with Crippen LogP contribution in [-0.2, 0) is 0 Å². The van der Waals surface area contributed by atoms with Crippen LogP contribution in [0.5, 0.6) is 0 Å². The van der Waals surface area contributed by atoms with Crippen molar-refractivity contribution in [2.75, 3.05) is 11.1 Å². The number of aromatic nitrogens is 2. The molecule has 0 bridgehead atoms. The predicted molar refractivity (Wildman–Crippen MR) is 62.9 cm³/mol. The molecule has 0 saturated carbocycles. The zero-order valence-electron chi connectivity index (χ0n) is 8.90. The molecule has 6 nitrogen and oxygen atoms in total. The molecule has 0 unspecified atom stereocenters. The Balaban J connectivity index is 2.24. The Morgan fingerprint density at radius 3 is 2.88 bits per heavy atom. The first-order valence-corrected chi connectivity index (χ1v) is 5.11. The van der Waals surface area contributed by atoms with Crippen molar-refractivity contribution in [2.24, 2.45) is 0 Å². The van der Waals surface area contributed by atoms with Crippen molar-refractivity contribution < 1.29 is 9.42 Å². The van der Waals surface area contributed by atoms with Gasteiger partial charge in [-0.15, -0.1) is 0 Å². The Bertz CT molecular complexity index is 567. The van der Waals surface area contributed by atoms with E-state index in [2.05, 4.69) is 20.3 Å². The van der Waals surface area contributed by atoms with Crippen LogP contribution in [0.3, 0.4) is 0 Å². The molecule has 7 heteroatoms. The maximum absolute atomic E-state index is 11.7. The summed E-state index contributed by atoms with van der Waals surface area (Å²) < 4.78 is 4.34. The standard InChI is InChI=1S/C10H9ClN4O2/c1-5-2-3-6(11)7(4-5)13-10(16)8-9(12)15-17-14-8/h2-4H,1H3,(H2,12,15)(H,13,16). The summed E-state index contributed by atoms with van der Waals surface area (Å²) in [5.41, 5.74) is 6.79. The summed E-state index contributed by atoms with van der Waals surface area (Å²) in [5.74, 6) is -0.581. The average Bonchev–Trinajstić information content (AvgIpc) is 2.70. The first kappa shape index (κ1) is 11.4. The fraction of sp³-hybridized carbons (Fsp3) is 0.100. The average molecular weight is 253 g/mol. The van der Waals surface area contributed by atoms with Crippen LogP contribution in [0.4, 0.5) is 11.5 Å². The third-order valence-corrected chi connectivity index (χ3v) is 2.43. The third-order valence-electron chi connectivity index (χ3n) is 2.10. The third kappa shape index (κ3) is 2.36. The number of carbonyl (C=O) groups excluding carboxylic acids is 1. The minimum Gasteiger partial charge on any atom is -0.379 e. The lowest BCUT2D eigenvalue weighted by atomic mass is 10.2. The van der Waals surface area contributed by atoms with Crippen LogP contribution in [0.1, 0.15) is 16.1 Å². The predicted octanol–water partition coefficient (Wildman–Crippen LogP) is 1.87. The maximum Gasteiger partial charge on any atom is 0.281 e. The second-order valence-electron chi connectivity index (χ2n) is 3.44. The van der Waals surface area contributed by atoms with Crippen LogP contribution in [0.2, 0.25) is 5.02 Å². The molecule has 0 saturated heterocycles. The molecule has 88 valence electrons. The minimum absolute atomic E-state index is 0.0636. The van der Waals surface area contributed by atoms with Gasteiger partial charge in [0.2, 0.25) is 11.5 Å². The van der Waals surface area contributed by atoms with Crippen molar-refractivity contribution in [1.82, 2.24) is 10.3 Å². The Labute approximate surface area is 102 Å². The van der Waals surface area contributed by atoms with Crippen LogP contribution in [0.15, 0.2) is 22.8 Å². The van der Waals surface area contributed by atoms with Gasteiger partial charge in [-0.05, 0) is 34.9 Å². The first-order chi connectivity index (χ1) is 8.08. The Morgan fingerprint density at radius 1 is 1.47 bits per heavy atom. The number of halogens is 1. The van der Waals surface area contributed by atoms with Crippen molar-refractivity contribution in [3.8, 4) is 0 Å². The maximum atomic E-state index is 11.7. The molecule has 1 heterocycles. The molecule has 1 aromatic carbocycles. The van der Waals surface area contributed by atoms with Crippen LogP contribution in [-0.4, -0.2) is 16.2 Å². The highest BCUT2D eigenvalue weighted by Crippen LogP contribution is 2.23. The normalized spacial score (nSPS) is 10.2. The molecule has 3 N–H and O–H groups in total. The van der Waals surface area contributed by atoms with E-state index in [0.717, 1.165) is 5.56 Å². The van der Waals surface area contributed by atoms with Gasteiger partial charge in [-0.25, -0.2) is 4.63 Å². The fourth-order valence-corrected chi connectivity index (χ4v) is 1.43. The van der Waals surface area contributed by atoms with E-state index in [1.54, 1.807) is 12.1 Å². The number of hydrogen-bond donors (Lipinski definition) is 2. The molecule has 2 rings (SSSR count). The summed E-state index contributed by atoms with van der Waals surface area (Å²) in [6.45, 7) is 1.89. The van der Waals surface area contributed by atoms with Crippen LogP contribution in [0.25, 0.3) is 0 Å². The molecule has 0 spiro atoms. The summed E-state index contributed by atoms with van der Waals surface area (Å²) in [5, 5.41) is 9.73. The largest absolute Gasteiger partial charge is 0.379 e. The van der Waals surface area contributed by atoms with Gasteiger partial charge in [-0.1, -0.05) is 17.7 Å². The zero-order chi connectivity index (χ0) is 12.4. The van der Waals surface area contributed by atoms with E-state index < -0.39 is 5.91 Å². The highest BCUT2D eigenvalue weighted by Gasteiger charge is 2.16. The van der Waals surface area contributed by atoms with Gasteiger partial charge in [0.05, 0.1) is 10.7 Å². The molecular formula is C10H9ClN4O2. The quantitative estimate of drug-likeness (QED) is 0.851. The number of rotatable bonds is 2. The SMILES string of the molecule is Cc1ccc(Cl)c(NC(=O)c2nonc2N)c1. The van der Waals surface area contributed by atoms with Gasteiger partial charge in [0.1, 0.15) is 0 Å². The highest BCUT2D eigenvalue weighted by molar-refractivity contribution is 6.34. The van der Waals surface area contributed by atoms with Gasteiger partial charge in [0.25, 0.3) is 5.91 Å². The van der Waals surface area contributed by atoms with E-state index in [-0.39, 0.29) is 11.5 Å². The number of carbonyl (C=O) groups is 1. The van der Waals surface area contributed by atoms with Crippen LogP contribution in [0, 0.1) is 6.92 Å². The molecule has 0 aliphatic carbocycles. The second-order valence-corrected chi connectivity index (χ2v) is 3.84. The van der Waals surface area contributed by atoms with Gasteiger partial charge < -0.3 is 11.1 Å². The second kappa shape index (κ2) is 4.42. The molecule has 17 heavy (non-hydrogen) atoms. The van der Waals surface area contributed by atoms with E-state index in [1.807, 2.05) is 13.0 Å². The number of nitrogens with two attached hydrogens (primary N) is 1. The number of benzene rings is 1. The Morgan fingerprint density at radius 2 is 2.24 bits per heavy atom. The van der Waals surface area contributed by atoms with Gasteiger partial charge in [-0.2, -0.15) is 0 Å². The lowest BCUT2D eigenvalue weighted by Crippen LogP contribution is -2.14. The van der Waals surface area contributed by atoms with Gasteiger partial charge in [0.15, 0.2) is 0 Å². The summed E-state index contributed by atoms with van der Waals surface area (Å²) in [4.78, 5) is 11.7. The molecule has 0 aliphatic heterocycles. The molecule has 0 aliphatic rings. The summed E-state index contributed by atoms with van der Waals surface area (Å²) in [6.07, 6.45) is 0. The van der Waals surface area contributed by atoms with Gasteiger partial charge in [0, 0.05) is 0 Å². The number of anilines is 2. The zero-order valence-corrected chi connectivity index (χ0v) is 9.65. The lowest BCUT2D eigenvalue weighted by Gasteiger charge is -2.06. The smallest absolute Gasteiger partial charge is 0.281 e. The van der Waals surface area contributed by atoms with Crippen molar-refractivity contribution in [2.45, 2.75) is 6.92 Å². The number of nitrogen functional groups attached to an aromatic ring is 1. The van der Waals surface area contributed by atoms with Crippen molar-refractivity contribution in [3.05, 3.63) is 34.5 Å². The van der Waals surface area contributed by atoms with Gasteiger partial charge >= 0.3 is 0 Å². The van der Waals surface area contributed by atoms with Crippen molar-refractivity contribution in [1.29, 1.82) is 0 Å². The first-order valence-electron chi connectivity index (χ1n) is 4.73. The van der Waals surface area contributed by atoms with E-state index in [0.29, 0.717) is 10.7 Å². The van der Waals surface area contributed by atoms with E-state index in [1.165, 1.54) is 0 Å². The summed E-state index contributed by atoms with van der Waals surface area (Å²) in [6, 6.07) is 5.27. The van der Waals surface area contributed by atoms with Crippen LogP contribution >= 0.6 is 11.6 Å². The molecule has 0 atom stereocenters. The Kier molecular flexibility index (Phi) is 2.97. The van der Waals surface area contributed by atoms with Crippen molar-refractivity contribution >= 4 is 29.0 Å².